The highest BCUT2D eigenvalue weighted by Gasteiger charge is 2.15. The summed E-state index contributed by atoms with van der Waals surface area (Å²) in [5.41, 5.74) is 7.69. The third-order valence-electron chi connectivity index (χ3n) is 2.14. The second-order valence-corrected chi connectivity index (χ2v) is 4.52. The Labute approximate surface area is 87.1 Å². The van der Waals surface area contributed by atoms with Crippen molar-refractivity contribution in [1.82, 2.24) is 5.73 Å². The molecule has 0 saturated heterocycles. The van der Waals surface area contributed by atoms with Gasteiger partial charge in [0.1, 0.15) is 4.90 Å². The van der Waals surface area contributed by atoms with Gasteiger partial charge in [-0.2, -0.15) is 8.42 Å². The first kappa shape index (κ1) is 9.95. The molecule has 0 aliphatic rings. The molecule has 2 N–H and O–H groups in total. The van der Waals surface area contributed by atoms with Crippen molar-refractivity contribution in [2.75, 3.05) is 0 Å². The summed E-state index contributed by atoms with van der Waals surface area (Å²) in [7, 11) is -4.27. The lowest BCUT2D eigenvalue weighted by Gasteiger charge is -2.05. The van der Waals surface area contributed by atoms with Gasteiger partial charge in [-0.1, -0.05) is 24.3 Å². The minimum atomic E-state index is -4.27. The molecule has 2 aromatic rings. The highest BCUT2D eigenvalue weighted by atomic mass is 32.2. The van der Waals surface area contributed by atoms with E-state index >= 15 is 0 Å². The number of benzene rings is 2. The molecule has 77 valence electrons. The molecule has 5 heteroatoms. The smallest absolute Gasteiger partial charge is 0.295 e. The fraction of sp³-hybridized carbons (Fsp3) is 0. The molecular weight excluding hydrogens is 214 g/mol. The molecule has 0 aliphatic heterocycles. The second kappa shape index (κ2) is 3.22. The molecule has 2 rings (SSSR count). The molecule has 2 aromatic carbocycles. The van der Waals surface area contributed by atoms with E-state index in [1.54, 1.807) is 18.2 Å². The van der Waals surface area contributed by atoms with Gasteiger partial charge in [0.15, 0.2) is 0 Å². The summed E-state index contributed by atoms with van der Waals surface area (Å²) in [5, 5.41) is 0.875. The van der Waals surface area contributed by atoms with Gasteiger partial charge in [0.2, 0.25) is 0 Å². The van der Waals surface area contributed by atoms with Crippen molar-refractivity contribution < 1.29 is 13.0 Å². The molecule has 0 spiro atoms. The van der Waals surface area contributed by atoms with Crippen molar-refractivity contribution in [1.29, 1.82) is 0 Å². The van der Waals surface area contributed by atoms with Gasteiger partial charge in [0, 0.05) is 5.39 Å². The average Bonchev–Trinajstić information content (AvgIpc) is 2.16. The first-order chi connectivity index (χ1) is 7.00. The lowest BCUT2D eigenvalue weighted by Crippen LogP contribution is -1.99. The van der Waals surface area contributed by atoms with Crippen LogP contribution < -0.4 is 5.73 Å². The van der Waals surface area contributed by atoms with Gasteiger partial charge in [-0.05, 0) is 17.5 Å². The highest BCUT2D eigenvalue weighted by molar-refractivity contribution is 7.86. The van der Waals surface area contributed by atoms with E-state index < -0.39 is 10.1 Å². The van der Waals surface area contributed by atoms with Crippen LogP contribution in [0.25, 0.3) is 10.8 Å². The van der Waals surface area contributed by atoms with Gasteiger partial charge >= 0.3 is 0 Å². The van der Waals surface area contributed by atoms with Crippen LogP contribution in [0.15, 0.2) is 41.3 Å². The molecule has 15 heavy (non-hydrogen) atoms. The summed E-state index contributed by atoms with van der Waals surface area (Å²) in [6.45, 7) is 0. The maximum absolute atomic E-state index is 11.1. The number of rotatable bonds is 1. The molecule has 0 unspecified atom stereocenters. The predicted octanol–water partition coefficient (Wildman–Crippen LogP) is 2.00. The Bertz CT molecular complexity index is 614. The SMILES string of the molecule is [NH]c1cccc2cccc(S(=O)(=O)O)c12. The van der Waals surface area contributed by atoms with Gasteiger partial charge in [-0.15, -0.1) is 0 Å². The van der Waals surface area contributed by atoms with Crippen LogP contribution in [-0.4, -0.2) is 13.0 Å². The van der Waals surface area contributed by atoms with Crippen LogP contribution in [0.2, 0.25) is 0 Å². The number of fused-ring (bicyclic) bond motifs is 1. The molecule has 0 atom stereocenters. The Kier molecular flexibility index (Phi) is 2.13. The lowest BCUT2D eigenvalue weighted by atomic mass is 10.1. The van der Waals surface area contributed by atoms with E-state index in [0.717, 1.165) is 0 Å². The largest absolute Gasteiger partial charge is 0.300 e. The number of hydrogen-bond acceptors (Lipinski definition) is 2. The van der Waals surface area contributed by atoms with Crippen molar-refractivity contribution in [3.8, 4) is 0 Å². The zero-order valence-electron chi connectivity index (χ0n) is 7.64. The fourth-order valence-corrected chi connectivity index (χ4v) is 2.26. The van der Waals surface area contributed by atoms with Crippen LogP contribution in [-0.2, 0) is 10.1 Å². The topological polar surface area (TPSA) is 78.2 Å². The fourth-order valence-electron chi connectivity index (χ4n) is 1.52. The van der Waals surface area contributed by atoms with Crippen LogP contribution >= 0.6 is 0 Å². The average molecular weight is 222 g/mol. The lowest BCUT2D eigenvalue weighted by molar-refractivity contribution is 0.484. The first-order valence-corrected chi connectivity index (χ1v) is 5.65. The van der Waals surface area contributed by atoms with Crippen LogP contribution in [0, 0.1) is 0 Å². The van der Waals surface area contributed by atoms with Crippen LogP contribution in [0.5, 0.6) is 0 Å². The van der Waals surface area contributed by atoms with Gasteiger partial charge in [-0.25, -0.2) is 0 Å². The molecule has 0 amide bonds. The van der Waals surface area contributed by atoms with E-state index in [2.05, 4.69) is 0 Å². The van der Waals surface area contributed by atoms with Crippen molar-refractivity contribution in [3.63, 3.8) is 0 Å². The number of hydrogen-bond donors (Lipinski definition) is 1. The van der Waals surface area contributed by atoms with Gasteiger partial charge in [0.25, 0.3) is 10.1 Å². The minimum absolute atomic E-state index is 0.0840. The third kappa shape index (κ3) is 1.67. The van der Waals surface area contributed by atoms with E-state index in [0.29, 0.717) is 5.39 Å². The molecule has 4 nitrogen and oxygen atoms in total. The van der Waals surface area contributed by atoms with Crippen LogP contribution in [0.3, 0.4) is 0 Å². The van der Waals surface area contributed by atoms with Gasteiger partial charge in [0.05, 0.1) is 5.69 Å². The molecule has 0 fully saturated rings. The van der Waals surface area contributed by atoms with Crippen molar-refractivity contribution in [2.45, 2.75) is 4.90 Å². The summed E-state index contributed by atoms with van der Waals surface area (Å²) in [5.74, 6) is 0. The Hall–Kier alpha value is -1.59. The monoisotopic (exact) mass is 222 g/mol. The maximum Gasteiger partial charge on any atom is 0.295 e. The van der Waals surface area contributed by atoms with Gasteiger partial charge < -0.3 is 5.73 Å². The van der Waals surface area contributed by atoms with Gasteiger partial charge in [-0.3, -0.25) is 4.55 Å². The van der Waals surface area contributed by atoms with Crippen molar-refractivity contribution in [3.05, 3.63) is 36.4 Å². The van der Waals surface area contributed by atoms with E-state index in [1.807, 2.05) is 0 Å². The van der Waals surface area contributed by atoms with Crippen LogP contribution in [0.1, 0.15) is 0 Å². The van der Waals surface area contributed by atoms with Crippen molar-refractivity contribution >= 4 is 26.6 Å². The van der Waals surface area contributed by atoms with Crippen molar-refractivity contribution in [2.24, 2.45) is 0 Å². The Balaban J connectivity index is 2.99. The summed E-state index contributed by atoms with van der Waals surface area (Å²) in [4.78, 5) is -0.217. The third-order valence-corrected chi connectivity index (χ3v) is 3.04. The molecule has 1 radical (unpaired) electrons. The summed E-state index contributed by atoms with van der Waals surface area (Å²) < 4.78 is 31.1. The van der Waals surface area contributed by atoms with E-state index in [-0.39, 0.29) is 16.0 Å². The molecule has 0 heterocycles. The van der Waals surface area contributed by atoms with E-state index in [9.17, 15) is 8.42 Å². The molecule has 0 aromatic heterocycles. The molecule has 0 bridgehead atoms. The minimum Gasteiger partial charge on any atom is -0.300 e. The number of nitrogens with one attached hydrogen (secondary N) is 1. The molecular formula is C10H8NO3S. The standard InChI is InChI=1S/C10H8NO3S/c11-8-5-1-3-7-4-2-6-9(10(7)8)15(12,13)14/h1-6,11H,(H,12,13,14). The predicted molar refractivity (Wildman–Crippen MR) is 56.5 cm³/mol. The zero-order chi connectivity index (χ0) is 11.1. The Morgan fingerprint density at radius 3 is 2.27 bits per heavy atom. The highest BCUT2D eigenvalue weighted by Crippen LogP contribution is 2.28. The van der Waals surface area contributed by atoms with E-state index in [4.69, 9.17) is 10.3 Å². The molecule has 0 saturated carbocycles. The summed E-state index contributed by atoms with van der Waals surface area (Å²) in [6, 6.07) is 9.36. The zero-order valence-corrected chi connectivity index (χ0v) is 8.45. The summed E-state index contributed by atoms with van der Waals surface area (Å²) >= 11 is 0. The maximum atomic E-state index is 11.1. The molecule has 0 aliphatic carbocycles. The summed E-state index contributed by atoms with van der Waals surface area (Å²) in [6.07, 6.45) is 0. The first-order valence-electron chi connectivity index (χ1n) is 4.21. The Morgan fingerprint density at radius 1 is 1.07 bits per heavy atom. The second-order valence-electron chi connectivity index (χ2n) is 3.13. The van der Waals surface area contributed by atoms with E-state index in [1.165, 1.54) is 18.2 Å². The quantitative estimate of drug-likeness (QED) is 0.749. The van der Waals surface area contributed by atoms with Crippen LogP contribution in [0.4, 0.5) is 5.69 Å². The Morgan fingerprint density at radius 2 is 1.67 bits per heavy atom. The normalized spacial score (nSPS) is 11.8.